The summed E-state index contributed by atoms with van der Waals surface area (Å²) < 4.78 is 0. The summed E-state index contributed by atoms with van der Waals surface area (Å²) in [6.07, 6.45) is 6.66. The zero-order valence-corrected chi connectivity index (χ0v) is 6.24. The van der Waals surface area contributed by atoms with Crippen molar-refractivity contribution in [3.05, 3.63) is 30.4 Å². The van der Waals surface area contributed by atoms with Gasteiger partial charge in [-0.3, -0.25) is 9.78 Å². The number of hydrogen-bond acceptors (Lipinski definition) is 2. The van der Waals surface area contributed by atoms with E-state index in [-0.39, 0.29) is 0 Å². The first-order valence-electron chi connectivity index (χ1n) is 3.49. The van der Waals surface area contributed by atoms with Gasteiger partial charge in [0.05, 0.1) is 5.56 Å². The van der Waals surface area contributed by atoms with Crippen LogP contribution in [0.25, 0.3) is 10.8 Å². The van der Waals surface area contributed by atoms with E-state index in [4.69, 9.17) is 5.73 Å². The van der Waals surface area contributed by atoms with Crippen LogP contribution in [-0.4, -0.2) is 15.9 Å². The minimum Gasteiger partial charge on any atom is -0.366 e. The maximum absolute atomic E-state index is 10.9. The average molecular weight is 161 g/mol. The van der Waals surface area contributed by atoms with E-state index in [9.17, 15) is 4.79 Å². The molecule has 2 aromatic rings. The Morgan fingerprint density at radius 2 is 2.25 bits per heavy atom. The maximum Gasteiger partial charge on any atom is 0.250 e. The maximum atomic E-state index is 10.9. The third-order valence-corrected chi connectivity index (χ3v) is 1.75. The molecular weight excluding hydrogens is 154 g/mol. The van der Waals surface area contributed by atoms with Crippen molar-refractivity contribution in [3.8, 4) is 0 Å². The Morgan fingerprint density at radius 1 is 1.42 bits per heavy atom. The van der Waals surface area contributed by atoms with Gasteiger partial charge in [0.15, 0.2) is 0 Å². The summed E-state index contributed by atoms with van der Waals surface area (Å²) in [6.45, 7) is 0. The predicted molar refractivity (Wildman–Crippen MR) is 44.6 cm³/mol. The van der Waals surface area contributed by atoms with E-state index in [0.717, 1.165) is 10.8 Å². The number of nitrogens with one attached hydrogen (secondary N) is 1. The molecule has 2 heterocycles. The topological polar surface area (TPSA) is 71.8 Å². The third-order valence-electron chi connectivity index (χ3n) is 1.75. The Hall–Kier alpha value is -1.84. The van der Waals surface area contributed by atoms with Gasteiger partial charge in [0.2, 0.25) is 0 Å². The largest absolute Gasteiger partial charge is 0.366 e. The van der Waals surface area contributed by atoms with Gasteiger partial charge in [-0.05, 0) is 0 Å². The highest BCUT2D eigenvalue weighted by molar-refractivity contribution is 6.05. The van der Waals surface area contributed by atoms with Crippen LogP contribution < -0.4 is 5.73 Å². The Kier molecular flexibility index (Phi) is 1.33. The number of pyridine rings is 1. The summed E-state index contributed by atoms with van der Waals surface area (Å²) >= 11 is 0. The lowest BCUT2D eigenvalue weighted by molar-refractivity contribution is 0.100. The van der Waals surface area contributed by atoms with Crippen LogP contribution in [-0.2, 0) is 0 Å². The second-order valence-corrected chi connectivity index (χ2v) is 2.51. The summed E-state index contributed by atoms with van der Waals surface area (Å²) in [4.78, 5) is 17.7. The van der Waals surface area contributed by atoms with Crippen molar-refractivity contribution in [3.63, 3.8) is 0 Å². The molecule has 0 aliphatic rings. The van der Waals surface area contributed by atoms with Crippen LogP contribution in [0.4, 0.5) is 0 Å². The number of primary amides is 1. The first-order chi connectivity index (χ1) is 5.79. The van der Waals surface area contributed by atoms with Crippen molar-refractivity contribution in [2.75, 3.05) is 0 Å². The number of hydrogen-bond donors (Lipinski definition) is 2. The highest BCUT2D eigenvalue weighted by Crippen LogP contribution is 2.15. The summed E-state index contributed by atoms with van der Waals surface area (Å²) in [5.74, 6) is -0.451. The molecule has 0 spiro atoms. The lowest BCUT2D eigenvalue weighted by Crippen LogP contribution is -2.11. The Labute approximate surface area is 68.4 Å². The monoisotopic (exact) mass is 161 g/mol. The molecule has 0 atom stereocenters. The first-order valence-corrected chi connectivity index (χ1v) is 3.49. The molecule has 0 saturated heterocycles. The van der Waals surface area contributed by atoms with E-state index >= 15 is 0 Å². The SMILES string of the molecule is NC(=O)c1cncc2c[nH]cc12. The van der Waals surface area contributed by atoms with Crippen molar-refractivity contribution in [2.24, 2.45) is 5.73 Å². The van der Waals surface area contributed by atoms with Crippen molar-refractivity contribution < 1.29 is 4.79 Å². The summed E-state index contributed by atoms with van der Waals surface area (Å²) in [5.41, 5.74) is 5.60. The van der Waals surface area contributed by atoms with Crippen LogP contribution in [0.1, 0.15) is 10.4 Å². The molecule has 12 heavy (non-hydrogen) atoms. The first kappa shape index (κ1) is 6.84. The van der Waals surface area contributed by atoms with E-state index in [0.29, 0.717) is 5.56 Å². The van der Waals surface area contributed by atoms with Crippen molar-refractivity contribution in [1.29, 1.82) is 0 Å². The quantitative estimate of drug-likeness (QED) is 0.644. The molecule has 2 rings (SSSR count). The van der Waals surface area contributed by atoms with Crippen LogP contribution in [0.2, 0.25) is 0 Å². The molecule has 3 N–H and O–H groups in total. The van der Waals surface area contributed by atoms with Crippen LogP contribution in [0.15, 0.2) is 24.8 Å². The number of aromatic amines is 1. The number of nitrogens with two attached hydrogens (primary N) is 1. The Bertz CT molecular complexity index is 433. The van der Waals surface area contributed by atoms with Crippen molar-refractivity contribution in [1.82, 2.24) is 9.97 Å². The fourth-order valence-corrected chi connectivity index (χ4v) is 1.17. The van der Waals surface area contributed by atoms with Gasteiger partial charge < -0.3 is 10.7 Å². The van der Waals surface area contributed by atoms with Crippen LogP contribution in [0, 0.1) is 0 Å². The molecule has 4 nitrogen and oxygen atoms in total. The van der Waals surface area contributed by atoms with Crippen LogP contribution in [0.3, 0.4) is 0 Å². The number of fused-ring (bicyclic) bond motifs is 1. The summed E-state index contributed by atoms with van der Waals surface area (Å²) in [7, 11) is 0. The molecule has 4 heteroatoms. The van der Waals surface area contributed by atoms with E-state index in [1.165, 1.54) is 6.20 Å². The molecule has 0 aliphatic heterocycles. The molecule has 0 saturated carbocycles. The standard InChI is InChI=1S/C8H7N3O/c9-8(12)7-4-11-2-5-1-10-3-6(5)7/h1-4,10H,(H2,9,12). The second kappa shape index (κ2) is 2.34. The van der Waals surface area contributed by atoms with E-state index < -0.39 is 5.91 Å². The van der Waals surface area contributed by atoms with Gasteiger partial charge in [0, 0.05) is 35.6 Å². The van der Waals surface area contributed by atoms with Gasteiger partial charge in [-0.1, -0.05) is 0 Å². The highest BCUT2D eigenvalue weighted by Gasteiger charge is 2.06. The Balaban J connectivity index is 2.82. The molecule has 1 amide bonds. The number of nitrogens with zero attached hydrogens (tertiary/aromatic N) is 1. The fourth-order valence-electron chi connectivity index (χ4n) is 1.17. The van der Waals surface area contributed by atoms with Gasteiger partial charge in [-0.25, -0.2) is 0 Å². The normalized spacial score (nSPS) is 10.3. The molecule has 0 unspecified atom stereocenters. The van der Waals surface area contributed by atoms with Crippen molar-refractivity contribution >= 4 is 16.7 Å². The molecule has 2 aromatic heterocycles. The molecule has 0 aromatic carbocycles. The smallest absolute Gasteiger partial charge is 0.250 e. The number of amides is 1. The summed E-state index contributed by atoms with van der Waals surface area (Å²) in [6, 6.07) is 0. The lowest BCUT2D eigenvalue weighted by Gasteiger charge is -1.94. The van der Waals surface area contributed by atoms with Crippen LogP contribution in [0.5, 0.6) is 0 Å². The van der Waals surface area contributed by atoms with Gasteiger partial charge in [0.1, 0.15) is 0 Å². The molecule has 0 aliphatic carbocycles. The molecular formula is C8H7N3O. The number of carbonyl (C=O) groups excluding carboxylic acids is 1. The number of H-pyrrole nitrogens is 1. The van der Waals surface area contributed by atoms with Gasteiger partial charge >= 0.3 is 0 Å². The fraction of sp³-hybridized carbons (Fsp3) is 0. The molecule has 60 valence electrons. The van der Waals surface area contributed by atoms with Gasteiger partial charge in [-0.2, -0.15) is 0 Å². The van der Waals surface area contributed by atoms with Gasteiger partial charge in [0.25, 0.3) is 5.91 Å². The number of rotatable bonds is 1. The van der Waals surface area contributed by atoms with E-state index in [1.54, 1.807) is 18.6 Å². The van der Waals surface area contributed by atoms with E-state index in [2.05, 4.69) is 9.97 Å². The zero-order valence-electron chi connectivity index (χ0n) is 6.24. The minimum atomic E-state index is -0.451. The Morgan fingerprint density at radius 3 is 3.00 bits per heavy atom. The number of aromatic nitrogens is 2. The zero-order chi connectivity index (χ0) is 8.55. The van der Waals surface area contributed by atoms with E-state index in [1.807, 2.05) is 0 Å². The lowest BCUT2D eigenvalue weighted by atomic mass is 10.2. The van der Waals surface area contributed by atoms with Crippen LogP contribution >= 0.6 is 0 Å². The van der Waals surface area contributed by atoms with Gasteiger partial charge in [-0.15, -0.1) is 0 Å². The predicted octanol–water partition coefficient (Wildman–Crippen LogP) is 0.662. The summed E-state index contributed by atoms with van der Waals surface area (Å²) in [5, 5.41) is 1.71. The molecule has 0 radical (unpaired) electrons. The second-order valence-electron chi connectivity index (χ2n) is 2.51. The number of carbonyl (C=O) groups is 1. The minimum absolute atomic E-state index is 0.451. The highest BCUT2D eigenvalue weighted by atomic mass is 16.1. The average Bonchev–Trinajstić information content (AvgIpc) is 2.49. The molecule has 0 bridgehead atoms. The molecule has 0 fully saturated rings. The third kappa shape index (κ3) is 0.852. The van der Waals surface area contributed by atoms with Crippen molar-refractivity contribution in [2.45, 2.75) is 0 Å².